The minimum atomic E-state index is -0.932. The van der Waals surface area contributed by atoms with Gasteiger partial charge in [0, 0.05) is 5.54 Å². The second kappa shape index (κ2) is 3.44. The summed E-state index contributed by atoms with van der Waals surface area (Å²) in [5.74, 6) is 1.26. The molecule has 0 radical (unpaired) electrons. The molecule has 0 spiro atoms. The normalized spacial score (nSPS) is 45.2. The van der Waals surface area contributed by atoms with E-state index in [9.17, 15) is 10.0 Å². The average Bonchev–Trinajstić information content (AvgIpc) is 2.13. The van der Waals surface area contributed by atoms with Crippen molar-refractivity contribution in [3.8, 4) is 0 Å². The largest absolute Gasteiger partial charge is 0.480 e. The van der Waals surface area contributed by atoms with Crippen molar-refractivity contribution >= 4 is 5.97 Å². The van der Waals surface area contributed by atoms with Crippen molar-refractivity contribution in [1.29, 1.82) is 0 Å². The van der Waals surface area contributed by atoms with Crippen LogP contribution in [-0.2, 0) is 4.79 Å². The van der Waals surface area contributed by atoms with E-state index in [-0.39, 0.29) is 12.1 Å². The van der Waals surface area contributed by atoms with E-state index in [1.54, 1.807) is 0 Å². The molecule has 0 aromatic rings. The van der Waals surface area contributed by atoms with Gasteiger partial charge in [-0.2, -0.15) is 5.06 Å². The Balaban J connectivity index is 1.80. The molecule has 0 saturated heterocycles. The zero-order chi connectivity index (χ0) is 11.3. The van der Waals surface area contributed by atoms with Gasteiger partial charge in [-0.15, -0.1) is 0 Å². The summed E-state index contributed by atoms with van der Waals surface area (Å²) >= 11 is 0. The lowest BCUT2D eigenvalue weighted by atomic mass is 9.53. The number of aliphatic carboxylic acids is 1. The number of rotatable bonds is 3. The third-order valence-electron chi connectivity index (χ3n) is 4.84. The van der Waals surface area contributed by atoms with Gasteiger partial charge in [-0.3, -0.25) is 4.79 Å². The molecule has 0 aromatic heterocycles. The lowest BCUT2D eigenvalue weighted by Crippen LogP contribution is -2.59. The number of hydroxylamine groups is 2. The summed E-state index contributed by atoms with van der Waals surface area (Å²) in [6, 6.07) is 0. The van der Waals surface area contributed by atoms with Gasteiger partial charge in [0.25, 0.3) is 0 Å². The van der Waals surface area contributed by atoms with E-state index in [4.69, 9.17) is 5.11 Å². The maximum absolute atomic E-state index is 10.7. The summed E-state index contributed by atoms with van der Waals surface area (Å²) in [7, 11) is 0. The first kappa shape index (κ1) is 10.5. The Bertz CT molecular complexity index is 280. The molecule has 0 unspecified atom stereocenters. The molecule has 0 aromatic carbocycles. The highest BCUT2D eigenvalue weighted by atomic mass is 16.5. The Kier molecular flexibility index (Phi) is 2.27. The van der Waals surface area contributed by atoms with E-state index < -0.39 is 5.97 Å². The van der Waals surface area contributed by atoms with Crippen molar-refractivity contribution in [2.24, 2.45) is 17.8 Å². The zero-order valence-electron chi connectivity index (χ0n) is 9.43. The summed E-state index contributed by atoms with van der Waals surface area (Å²) in [4.78, 5) is 10.7. The molecule has 4 fully saturated rings. The number of nitrogens with zero attached hydrogens (tertiary/aromatic N) is 1. The molecule has 4 saturated carbocycles. The third kappa shape index (κ3) is 1.55. The van der Waals surface area contributed by atoms with Gasteiger partial charge in [-0.25, -0.2) is 0 Å². The van der Waals surface area contributed by atoms with E-state index >= 15 is 0 Å². The lowest BCUT2D eigenvalue weighted by molar-refractivity contribution is -0.229. The SMILES string of the molecule is O=C(O)CN(O)C12CC3CC(CC(C3)C1)C2. The molecule has 0 amide bonds. The summed E-state index contributed by atoms with van der Waals surface area (Å²) in [6.07, 6.45) is 6.93. The summed E-state index contributed by atoms with van der Waals surface area (Å²) in [5.41, 5.74) is -0.201. The van der Waals surface area contributed by atoms with E-state index in [1.165, 1.54) is 19.3 Å². The Morgan fingerprint density at radius 2 is 1.56 bits per heavy atom. The zero-order valence-corrected chi connectivity index (χ0v) is 9.43. The van der Waals surface area contributed by atoms with E-state index in [0.29, 0.717) is 0 Å². The first-order valence-electron chi connectivity index (χ1n) is 6.26. The number of carboxylic acid groups (broad SMARTS) is 1. The third-order valence-corrected chi connectivity index (χ3v) is 4.84. The van der Waals surface area contributed by atoms with Gasteiger partial charge in [0.05, 0.1) is 0 Å². The van der Waals surface area contributed by atoms with Crippen LogP contribution < -0.4 is 0 Å². The van der Waals surface area contributed by atoms with Crippen molar-refractivity contribution in [2.75, 3.05) is 6.54 Å². The van der Waals surface area contributed by atoms with Gasteiger partial charge < -0.3 is 10.3 Å². The molecule has 0 atom stereocenters. The van der Waals surface area contributed by atoms with Crippen LogP contribution in [0.3, 0.4) is 0 Å². The molecule has 4 nitrogen and oxygen atoms in total. The van der Waals surface area contributed by atoms with Crippen LogP contribution in [-0.4, -0.2) is 33.4 Å². The highest BCUT2D eigenvalue weighted by molar-refractivity contribution is 5.69. The molecule has 16 heavy (non-hydrogen) atoms. The van der Waals surface area contributed by atoms with Gasteiger partial charge >= 0.3 is 5.97 Å². The summed E-state index contributed by atoms with van der Waals surface area (Å²) in [6.45, 7) is -0.230. The van der Waals surface area contributed by atoms with Gasteiger partial charge in [-0.05, 0) is 56.3 Å². The van der Waals surface area contributed by atoms with Crippen LogP contribution in [0.5, 0.6) is 0 Å². The molecule has 4 aliphatic carbocycles. The lowest BCUT2D eigenvalue weighted by Gasteiger charge is -2.58. The molecule has 0 aliphatic heterocycles. The summed E-state index contributed by atoms with van der Waals surface area (Å²) < 4.78 is 0. The standard InChI is InChI=1S/C12H19NO3/c14-11(15)7-13(16)12-4-8-1-9(5-12)3-10(2-8)6-12/h8-10,16H,1-7H2,(H,14,15). The minimum Gasteiger partial charge on any atom is -0.480 e. The van der Waals surface area contributed by atoms with Crippen LogP contribution in [0.2, 0.25) is 0 Å². The Morgan fingerprint density at radius 3 is 1.94 bits per heavy atom. The number of hydrogen-bond donors (Lipinski definition) is 2. The van der Waals surface area contributed by atoms with Crippen LogP contribution in [0.4, 0.5) is 0 Å². The predicted octanol–water partition coefficient (Wildman–Crippen LogP) is 1.73. The first-order valence-corrected chi connectivity index (χ1v) is 6.26. The fourth-order valence-corrected chi connectivity index (χ4v) is 4.68. The van der Waals surface area contributed by atoms with E-state index in [2.05, 4.69) is 0 Å². The number of hydrogen-bond acceptors (Lipinski definition) is 3. The van der Waals surface area contributed by atoms with E-state index in [0.717, 1.165) is 42.1 Å². The first-order chi connectivity index (χ1) is 7.57. The van der Waals surface area contributed by atoms with Crippen molar-refractivity contribution in [3.63, 3.8) is 0 Å². The van der Waals surface area contributed by atoms with E-state index in [1.807, 2.05) is 0 Å². The molecule has 4 bridgehead atoms. The second-order valence-electron chi connectivity index (χ2n) is 6.09. The minimum absolute atomic E-state index is 0.201. The molecular formula is C12H19NO3. The van der Waals surface area contributed by atoms with Crippen LogP contribution in [0, 0.1) is 17.8 Å². The molecule has 0 heterocycles. The van der Waals surface area contributed by atoms with Crippen molar-refractivity contribution in [3.05, 3.63) is 0 Å². The van der Waals surface area contributed by atoms with Crippen molar-refractivity contribution in [2.45, 2.75) is 44.1 Å². The molecule has 4 heteroatoms. The Labute approximate surface area is 95.2 Å². The molecule has 4 rings (SSSR count). The van der Waals surface area contributed by atoms with Crippen LogP contribution in [0.1, 0.15) is 38.5 Å². The van der Waals surface area contributed by atoms with Gasteiger partial charge in [-0.1, -0.05) is 0 Å². The molecule has 2 N–H and O–H groups in total. The second-order valence-corrected chi connectivity index (χ2v) is 6.09. The van der Waals surface area contributed by atoms with Gasteiger partial charge in [0.15, 0.2) is 0 Å². The maximum atomic E-state index is 10.7. The van der Waals surface area contributed by atoms with Crippen molar-refractivity contribution < 1.29 is 15.1 Å². The maximum Gasteiger partial charge on any atom is 0.320 e. The monoisotopic (exact) mass is 225 g/mol. The fraction of sp³-hybridized carbons (Fsp3) is 0.917. The predicted molar refractivity (Wildman–Crippen MR) is 57.0 cm³/mol. The molecule has 90 valence electrons. The highest BCUT2D eigenvalue weighted by Crippen LogP contribution is 2.57. The number of carbonyl (C=O) groups is 1. The van der Waals surface area contributed by atoms with Gasteiger partial charge in [0.2, 0.25) is 0 Å². The Hall–Kier alpha value is -0.610. The highest BCUT2D eigenvalue weighted by Gasteiger charge is 2.53. The Morgan fingerprint density at radius 1 is 1.12 bits per heavy atom. The topological polar surface area (TPSA) is 60.8 Å². The summed E-state index contributed by atoms with van der Waals surface area (Å²) in [5, 5.41) is 20.0. The van der Waals surface area contributed by atoms with Crippen LogP contribution in [0.25, 0.3) is 0 Å². The smallest absolute Gasteiger partial charge is 0.320 e. The van der Waals surface area contributed by atoms with Crippen molar-refractivity contribution in [1.82, 2.24) is 5.06 Å². The van der Waals surface area contributed by atoms with Crippen LogP contribution >= 0.6 is 0 Å². The quantitative estimate of drug-likeness (QED) is 0.718. The number of carboxylic acids is 1. The van der Waals surface area contributed by atoms with Crippen LogP contribution in [0.15, 0.2) is 0 Å². The molecule has 4 aliphatic rings. The molecular weight excluding hydrogens is 206 g/mol. The average molecular weight is 225 g/mol. The van der Waals surface area contributed by atoms with Gasteiger partial charge in [0.1, 0.15) is 6.54 Å². The fourth-order valence-electron chi connectivity index (χ4n) is 4.68.